The molecule has 7 atom stereocenters. The van der Waals surface area contributed by atoms with E-state index < -0.39 is 29.4 Å². The highest BCUT2D eigenvalue weighted by atomic mass is 16.5. The summed E-state index contributed by atoms with van der Waals surface area (Å²) in [4.78, 5) is 49.9. The fourth-order valence-corrected chi connectivity index (χ4v) is 7.48. The molecule has 0 aromatic heterocycles. The van der Waals surface area contributed by atoms with E-state index in [1.165, 1.54) is 6.92 Å². The van der Waals surface area contributed by atoms with E-state index in [1.807, 2.05) is 13.8 Å². The summed E-state index contributed by atoms with van der Waals surface area (Å²) in [5.74, 6) is -0.941. The second-order valence-corrected chi connectivity index (χ2v) is 10.5. The van der Waals surface area contributed by atoms with Gasteiger partial charge in [-0.1, -0.05) is 26.3 Å². The number of rotatable bonds is 3. The van der Waals surface area contributed by atoms with Gasteiger partial charge in [0.15, 0.2) is 12.4 Å². The normalized spacial score (nSPS) is 45.2. The standard InChI is InChI=1S/C24H32O6/c1-13-10-22(3)15(9-18(13)26)5-6-16-17-7-8-24(29,20(28)12-30-14(2)25)23(17,4)11-19(27)21(16)22/h9,13,16-17,21,29H,5-8,10-12H2,1-4H3/t13-,16+,17+,21-,22+,23+,24+/m1/s1. The van der Waals surface area contributed by atoms with E-state index in [1.54, 1.807) is 6.08 Å². The minimum absolute atomic E-state index is 0.0535. The van der Waals surface area contributed by atoms with Crippen LogP contribution >= 0.6 is 0 Å². The third-order valence-corrected chi connectivity index (χ3v) is 8.98. The van der Waals surface area contributed by atoms with E-state index >= 15 is 0 Å². The van der Waals surface area contributed by atoms with Crippen LogP contribution in [-0.2, 0) is 23.9 Å². The van der Waals surface area contributed by atoms with Gasteiger partial charge in [-0.2, -0.15) is 0 Å². The van der Waals surface area contributed by atoms with Crippen LogP contribution in [0, 0.1) is 34.5 Å². The van der Waals surface area contributed by atoms with E-state index in [4.69, 9.17) is 4.74 Å². The van der Waals surface area contributed by atoms with Crippen LogP contribution in [0.15, 0.2) is 11.6 Å². The smallest absolute Gasteiger partial charge is 0.303 e. The van der Waals surface area contributed by atoms with Crippen molar-refractivity contribution in [1.29, 1.82) is 0 Å². The number of carbonyl (C=O) groups is 4. The van der Waals surface area contributed by atoms with Crippen molar-refractivity contribution in [3.05, 3.63) is 11.6 Å². The molecule has 0 aromatic rings. The zero-order valence-corrected chi connectivity index (χ0v) is 18.3. The first-order valence-electron chi connectivity index (χ1n) is 11.1. The summed E-state index contributed by atoms with van der Waals surface area (Å²) >= 11 is 0. The van der Waals surface area contributed by atoms with Crippen LogP contribution in [-0.4, -0.2) is 40.6 Å². The van der Waals surface area contributed by atoms with Gasteiger partial charge in [0.1, 0.15) is 11.4 Å². The Balaban J connectivity index is 1.67. The number of ketones is 3. The topological polar surface area (TPSA) is 97.7 Å². The molecule has 164 valence electrons. The van der Waals surface area contributed by atoms with Gasteiger partial charge in [-0.3, -0.25) is 19.2 Å². The van der Waals surface area contributed by atoms with Crippen molar-refractivity contribution >= 4 is 23.3 Å². The van der Waals surface area contributed by atoms with E-state index in [2.05, 4.69) is 6.92 Å². The molecule has 6 heteroatoms. The molecule has 0 radical (unpaired) electrons. The Labute approximate surface area is 177 Å². The highest BCUT2D eigenvalue weighted by molar-refractivity contribution is 5.95. The Morgan fingerprint density at radius 2 is 1.93 bits per heavy atom. The molecular formula is C24H32O6. The van der Waals surface area contributed by atoms with Crippen molar-refractivity contribution in [2.24, 2.45) is 34.5 Å². The molecule has 1 N–H and O–H groups in total. The van der Waals surface area contributed by atoms with Gasteiger partial charge >= 0.3 is 5.97 Å². The fourth-order valence-electron chi connectivity index (χ4n) is 7.48. The first kappa shape index (κ1) is 21.4. The number of allylic oxidation sites excluding steroid dienone is 1. The number of fused-ring (bicyclic) bond motifs is 5. The van der Waals surface area contributed by atoms with Crippen molar-refractivity contribution in [3.63, 3.8) is 0 Å². The Morgan fingerprint density at radius 3 is 2.60 bits per heavy atom. The molecule has 0 saturated heterocycles. The molecular weight excluding hydrogens is 384 g/mol. The van der Waals surface area contributed by atoms with Crippen molar-refractivity contribution in [2.45, 2.75) is 71.8 Å². The van der Waals surface area contributed by atoms with Crippen molar-refractivity contribution in [2.75, 3.05) is 6.61 Å². The van der Waals surface area contributed by atoms with Crippen molar-refractivity contribution in [3.8, 4) is 0 Å². The van der Waals surface area contributed by atoms with Gasteiger partial charge in [0.05, 0.1) is 0 Å². The third kappa shape index (κ3) is 2.79. The van der Waals surface area contributed by atoms with Crippen LogP contribution < -0.4 is 0 Å². The molecule has 0 aromatic carbocycles. The van der Waals surface area contributed by atoms with Crippen LogP contribution in [0.4, 0.5) is 0 Å². The van der Waals surface area contributed by atoms with Crippen LogP contribution in [0.3, 0.4) is 0 Å². The van der Waals surface area contributed by atoms with E-state index in [0.29, 0.717) is 19.3 Å². The summed E-state index contributed by atoms with van der Waals surface area (Å²) in [6.07, 6.45) is 5.16. The summed E-state index contributed by atoms with van der Waals surface area (Å²) < 4.78 is 4.88. The van der Waals surface area contributed by atoms with Crippen LogP contribution in [0.5, 0.6) is 0 Å². The lowest BCUT2D eigenvalue weighted by Crippen LogP contribution is -2.61. The maximum absolute atomic E-state index is 13.6. The summed E-state index contributed by atoms with van der Waals surface area (Å²) in [5.41, 5.74) is -1.73. The van der Waals surface area contributed by atoms with Gasteiger partial charge in [-0.25, -0.2) is 0 Å². The molecule has 0 spiro atoms. The highest BCUT2D eigenvalue weighted by Crippen LogP contribution is 2.66. The summed E-state index contributed by atoms with van der Waals surface area (Å²) in [5, 5.41) is 11.5. The van der Waals surface area contributed by atoms with Gasteiger partial charge < -0.3 is 9.84 Å². The number of hydrogen-bond acceptors (Lipinski definition) is 6. The molecule has 3 saturated carbocycles. The molecule has 4 aliphatic rings. The Bertz CT molecular complexity index is 858. The average Bonchev–Trinajstić information content (AvgIpc) is 2.92. The maximum atomic E-state index is 13.6. The Kier molecular flexibility index (Phi) is 4.88. The summed E-state index contributed by atoms with van der Waals surface area (Å²) in [7, 11) is 0. The lowest BCUT2D eigenvalue weighted by molar-refractivity contribution is -0.173. The molecule has 0 unspecified atom stereocenters. The number of carbonyl (C=O) groups excluding carboxylic acids is 4. The maximum Gasteiger partial charge on any atom is 0.303 e. The summed E-state index contributed by atoms with van der Waals surface area (Å²) in [6.45, 7) is 6.71. The van der Waals surface area contributed by atoms with Gasteiger partial charge in [0.25, 0.3) is 0 Å². The second-order valence-electron chi connectivity index (χ2n) is 10.5. The number of ether oxygens (including phenoxy) is 1. The Hall–Kier alpha value is -1.82. The molecule has 0 aliphatic heterocycles. The average molecular weight is 417 g/mol. The number of esters is 1. The predicted octanol–water partition coefficient (Wildman–Crippen LogP) is 2.81. The molecule has 4 rings (SSSR count). The van der Waals surface area contributed by atoms with Gasteiger partial charge in [-0.15, -0.1) is 0 Å². The van der Waals surface area contributed by atoms with Crippen LogP contribution in [0.2, 0.25) is 0 Å². The van der Waals surface area contributed by atoms with Gasteiger partial charge in [0, 0.05) is 30.6 Å². The quantitative estimate of drug-likeness (QED) is 0.711. The third-order valence-electron chi connectivity index (χ3n) is 8.98. The minimum atomic E-state index is -1.65. The zero-order chi connectivity index (χ0) is 22.1. The largest absolute Gasteiger partial charge is 0.458 e. The predicted molar refractivity (Wildman–Crippen MR) is 108 cm³/mol. The zero-order valence-electron chi connectivity index (χ0n) is 18.3. The monoisotopic (exact) mass is 416 g/mol. The number of hydrogen-bond donors (Lipinski definition) is 1. The van der Waals surface area contributed by atoms with Gasteiger partial charge in [-0.05, 0) is 55.4 Å². The van der Waals surface area contributed by atoms with Gasteiger partial charge in [0.2, 0.25) is 5.78 Å². The second kappa shape index (κ2) is 6.84. The molecule has 4 aliphatic carbocycles. The van der Waals surface area contributed by atoms with Crippen molar-refractivity contribution in [1.82, 2.24) is 0 Å². The van der Waals surface area contributed by atoms with E-state index in [-0.39, 0.29) is 47.1 Å². The van der Waals surface area contributed by atoms with E-state index in [9.17, 15) is 24.3 Å². The van der Waals surface area contributed by atoms with Crippen LogP contribution in [0.1, 0.15) is 66.2 Å². The molecule has 30 heavy (non-hydrogen) atoms. The number of Topliss-reactive ketones (excluding diaryl/α,β-unsaturated/α-hetero) is 2. The SMILES string of the molecule is CC(=O)OCC(=O)[C@@]1(O)CC[C@H]2[C@@H]3CCC4=CC(=O)[C@H](C)C[C@]4(C)[C@H]3C(=O)C[C@@]21C. The Morgan fingerprint density at radius 1 is 1.23 bits per heavy atom. The molecule has 0 bridgehead atoms. The lowest BCUT2D eigenvalue weighted by atomic mass is 9.45. The first-order valence-corrected chi connectivity index (χ1v) is 11.1. The molecule has 0 heterocycles. The highest BCUT2D eigenvalue weighted by Gasteiger charge is 2.68. The lowest BCUT2D eigenvalue weighted by Gasteiger charge is -2.58. The van der Waals surface area contributed by atoms with E-state index in [0.717, 1.165) is 18.4 Å². The first-order chi connectivity index (χ1) is 13.9. The minimum Gasteiger partial charge on any atom is -0.458 e. The van der Waals surface area contributed by atoms with Crippen LogP contribution in [0.25, 0.3) is 0 Å². The molecule has 0 amide bonds. The molecule has 3 fully saturated rings. The molecule has 6 nitrogen and oxygen atoms in total. The number of aliphatic hydroxyl groups is 1. The fraction of sp³-hybridized carbons (Fsp3) is 0.750. The summed E-state index contributed by atoms with van der Waals surface area (Å²) in [6, 6.07) is 0. The van der Waals surface area contributed by atoms with Crippen molar-refractivity contribution < 1.29 is 29.0 Å².